The summed E-state index contributed by atoms with van der Waals surface area (Å²) in [5.41, 5.74) is 1.15. The molecule has 0 bridgehead atoms. The minimum Gasteiger partial charge on any atom is -0.349 e. The molecular formula is C9H11NO. The first-order valence-electron chi connectivity index (χ1n) is 3.57. The summed E-state index contributed by atoms with van der Waals surface area (Å²) in [7, 11) is 0. The zero-order chi connectivity index (χ0) is 8.10. The molecule has 0 spiro atoms. The lowest BCUT2D eigenvalue weighted by atomic mass is 10.3. The van der Waals surface area contributed by atoms with Gasteiger partial charge in [0.15, 0.2) is 0 Å². The van der Waals surface area contributed by atoms with E-state index in [0.29, 0.717) is 6.54 Å². The number of nitrogens with one attached hydrogen (secondary N) is 1. The third kappa shape index (κ3) is 2.85. The van der Waals surface area contributed by atoms with E-state index in [1.165, 1.54) is 6.08 Å². The molecule has 1 amide bonds. The standard InChI is InChI=1S/C9H11NO/c1-8-5-3-2-4-6-9(11)10-7-8/h2-6H,7H2,1H3,(H,10,11)/b3-2-,6-4+,8-5+. The predicted molar refractivity (Wildman–Crippen MR) is 45.0 cm³/mol. The molecule has 58 valence electrons. The van der Waals surface area contributed by atoms with E-state index in [0.717, 1.165) is 5.57 Å². The van der Waals surface area contributed by atoms with Gasteiger partial charge in [-0.3, -0.25) is 4.79 Å². The largest absolute Gasteiger partial charge is 0.349 e. The molecule has 0 aromatic rings. The Morgan fingerprint density at radius 2 is 2.18 bits per heavy atom. The summed E-state index contributed by atoms with van der Waals surface area (Å²) >= 11 is 0. The van der Waals surface area contributed by atoms with Crippen LogP contribution in [0.4, 0.5) is 0 Å². The number of hydrogen-bond acceptors (Lipinski definition) is 1. The first-order valence-corrected chi connectivity index (χ1v) is 3.57. The van der Waals surface area contributed by atoms with Crippen LogP contribution in [0.1, 0.15) is 6.92 Å². The van der Waals surface area contributed by atoms with Gasteiger partial charge in [-0.25, -0.2) is 0 Å². The second kappa shape index (κ2) is 3.76. The molecule has 1 rings (SSSR count). The van der Waals surface area contributed by atoms with Crippen LogP contribution in [-0.4, -0.2) is 12.5 Å². The SMILES string of the molecule is C\C1=C/C=C\C=C\C(=O)NC1. The Bertz CT molecular complexity index is 236. The molecule has 2 heteroatoms. The highest BCUT2D eigenvalue weighted by Gasteiger charge is 1.94. The van der Waals surface area contributed by atoms with E-state index in [9.17, 15) is 4.79 Å². The highest BCUT2D eigenvalue weighted by molar-refractivity contribution is 5.87. The summed E-state index contributed by atoms with van der Waals surface area (Å²) < 4.78 is 0. The van der Waals surface area contributed by atoms with Gasteiger partial charge in [0.2, 0.25) is 5.91 Å². The quantitative estimate of drug-likeness (QED) is 0.550. The molecule has 0 saturated carbocycles. The minimum absolute atomic E-state index is 0.0377. The Hall–Kier alpha value is -1.31. The highest BCUT2D eigenvalue weighted by Crippen LogP contribution is 1.93. The van der Waals surface area contributed by atoms with Crippen LogP contribution in [0.3, 0.4) is 0 Å². The van der Waals surface area contributed by atoms with Gasteiger partial charge in [-0.1, -0.05) is 29.9 Å². The Kier molecular flexibility index (Phi) is 2.66. The Labute approximate surface area is 66.3 Å². The molecule has 1 heterocycles. The van der Waals surface area contributed by atoms with Crippen LogP contribution >= 0.6 is 0 Å². The zero-order valence-corrected chi connectivity index (χ0v) is 6.50. The van der Waals surface area contributed by atoms with E-state index < -0.39 is 0 Å². The molecule has 0 unspecified atom stereocenters. The fourth-order valence-corrected chi connectivity index (χ4v) is 0.771. The van der Waals surface area contributed by atoms with E-state index in [4.69, 9.17) is 0 Å². The van der Waals surface area contributed by atoms with Gasteiger partial charge in [0, 0.05) is 12.6 Å². The number of carbonyl (C=O) groups is 1. The molecule has 0 aliphatic carbocycles. The van der Waals surface area contributed by atoms with Crippen molar-refractivity contribution in [3.8, 4) is 0 Å². The van der Waals surface area contributed by atoms with Crippen LogP contribution in [0.2, 0.25) is 0 Å². The van der Waals surface area contributed by atoms with Gasteiger partial charge < -0.3 is 5.32 Å². The average molecular weight is 149 g/mol. The van der Waals surface area contributed by atoms with E-state index >= 15 is 0 Å². The second-order valence-electron chi connectivity index (χ2n) is 2.47. The van der Waals surface area contributed by atoms with Crippen molar-refractivity contribution < 1.29 is 4.79 Å². The number of rotatable bonds is 0. The van der Waals surface area contributed by atoms with Crippen molar-refractivity contribution in [3.63, 3.8) is 0 Å². The Morgan fingerprint density at radius 1 is 1.36 bits per heavy atom. The molecule has 0 saturated heterocycles. The van der Waals surface area contributed by atoms with Crippen LogP contribution in [0, 0.1) is 0 Å². The van der Waals surface area contributed by atoms with Gasteiger partial charge in [-0.05, 0) is 6.92 Å². The molecule has 11 heavy (non-hydrogen) atoms. The van der Waals surface area contributed by atoms with Crippen molar-refractivity contribution in [2.75, 3.05) is 6.54 Å². The van der Waals surface area contributed by atoms with Crippen LogP contribution < -0.4 is 5.32 Å². The molecule has 0 radical (unpaired) electrons. The topological polar surface area (TPSA) is 29.1 Å². The maximum absolute atomic E-state index is 10.9. The van der Waals surface area contributed by atoms with Crippen LogP contribution in [0.5, 0.6) is 0 Å². The summed E-state index contributed by atoms with van der Waals surface area (Å²) in [6, 6.07) is 0. The predicted octanol–water partition coefficient (Wildman–Crippen LogP) is 1.17. The smallest absolute Gasteiger partial charge is 0.244 e. The number of allylic oxidation sites excluding steroid dienone is 4. The van der Waals surface area contributed by atoms with Crippen LogP contribution in [0.25, 0.3) is 0 Å². The van der Waals surface area contributed by atoms with Crippen molar-refractivity contribution in [1.82, 2.24) is 5.32 Å². The minimum atomic E-state index is -0.0377. The van der Waals surface area contributed by atoms with Gasteiger partial charge in [0.05, 0.1) is 0 Å². The van der Waals surface area contributed by atoms with Crippen molar-refractivity contribution in [1.29, 1.82) is 0 Å². The maximum atomic E-state index is 10.9. The summed E-state index contributed by atoms with van der Waals surface area (Å²) in [5, 5.41) is 2.74. The Morgan fingerprint density at radius 3 is 3.00 bits per heavy atom. The molecule has 1 aliphatic heterocycles. The molecule has 1 N–H and O–H groups in total. The Balaban J connectivity index is 2.71. The third-order valence-corrected chi connectivity index (χ3v) is 1.39. The fourth-order valence-electron chi connectivity index (χ4n) is 0.771. The lowest BCUT2D eigenvalue weighted by molar-refractivity contribution is -0.116. The van der Waals surface area contributed by atoms with Gasteiger partial charge >= 0.3 is 0 Å². The first-order chi connectivity index (χ1) is 5.29. The molecule has 0 aromatic heterocycles. The zero-order valence-electron chi connectivity index (χ0n) is 6.50. The molecule has 0 fully saturated rings. The summed E-state index contributed by atoms with van der Waals surface area (Å²) in [6.45, 7) is 2.61. The number of carbonyl (C=O) groups excluding carboxylic acids is 1. The molecule has 0 atom stereocenters. The van der Waals surface area contributed by atoms with Crippen molar-refractivity contribution in [3.05, 3.63) is 36.0 Å². The number of amides is 1. The second-order valence-corrected chi connectivity index (χ2v) is 2.47. The van der Waals surface area contributed by atoms with Crippen LogP contribution in [-0.2, 0) is 4.79 Å². The van der Waals surface area contributed by atoms with E-state index in [2.05, 4.69) is 5.32 Å². The van der Waals surface area contributed by atoms with Gasteiger partial charge in [0.25, 0.3) is 0 Å². The average Bonchev–Trinajstić information content (AvgIpc) is 2.06. The van der Waals surface area contributed by atoms with Crippen molar-refractivity contribution in [2.45, 2.75) is 6.92 Å². The van der Waals surface area contributed by atoms with Crippen molar-refractivity contribution in [2.24, 2.45) is 0 Å². The van der Waals surface area contributed by atoms with E-state index in [-0.39, 0.29) is 5.91 Å². The lowest BCUT2D eigenvalue weighted by Gasteiger charge is -1.99. The van der Waals surface area contributed by atoms with E-state index in [1.54, 1.807) is 6.08 Å². The van der Waals surface area contributed by atoms with Gasteiger partial charge in [-0.15, -0.1) is 0 Å². The highest BCUT2D eigenvalue weighted by atomic mass is 16.1. The summed E-state index contributed by atoms with van der Waals surface area (Å²) in [6.07, 6.45) is 8.99. The third-order valence-electron chi connectivity index (χ3n) is 1.39. The normalized spacial score (nSPS) is 28.5. The summed E-state index contributed by atoms with van der Waals surface area (Å²) in [5.74, 6) is -0.0377. The van der Waals surface area contributed by atoms with Crippen LogP contribution in [0.15, 0.2) is 36.0 Å². The summed E-state index contributed by atoms with van der Waals surface area (Å²) in [4.78, 5) is 10.9. The van der Waals surface area contributed by atoms with E-state index in [1.807, 2.05) is 25.2 Å². The molecule has 0 aromatic carbocycles. The lowest BCUT2D eigenvalue weighted by Crippen LogP contribution is -2.22. The first kappa shape index (κ1) is 7.79. The number of hydrogen-bond donors (Lipinski definition) is 1. The monoisotopic (exact) mass is 149 g/mol. The van der Waals surface area contributed by atoms with Gasteiger partial charge in [0.1, 0.15) is 0 Å². The molecule has 2 nitrogen and oxygen atoms in total. The molecular weight excluding hydrogens is 138 g/mol. The fraction of sp³-hybridized carbons (Fsp3) is 0.222. The maximum Gasteiger partial charge on any atom is 0.244 e. The molecule has 1 aliphatic rings. The van der Waals surface area contributed by atoms with Crippen molar-refractivity contribution >= 4 is 5.91 Å². The van der Waals surface area contributed by atoms with Gasteiger partial charge in [-0.2, -0.15) is 0 Å².